The van der Waals surface area contributed by atoms with Crippen LogP contribution in [0.2, 0.25) is 0 Å². The zero-order valence-corrected chi connectivity index (χ0v) is 13.2. The maximum atomic E-state index is 11.3. The van der Waals surface area contributed by atoms with Crippen molar-refractivity contribution in [3.63, 3.8) is 0 Å². The molecule has 0 rings (SSSR count). The molecule has 7 heteroatoms. The van der Waals surface area contributed by atoms with Crippen molar-refractivity contribution in [1.29, 1.82) is 0 Å². The maximum absolute atomic E-state index is 11.3. The van der Waals surface area contributed by atoms with Crippen molar-refractivity contribution in [2.75, 3.05) is 43.7 Å². The third kappa shape index (κ3) is 9.58. The van der Waals surface area contributed by atoms with Crippen LogP contribution in [0.25, 0.3) is 0 Å². The first-order valence-electron chi connectivity index (χ1n) is 6.19. The summed E-state index contributed by atoms with van der Waals surface area (Å²) in [7, 11) is -1.22. The molecule has 0 heterocycles. The van der Waals surface area contributed by atoms with Crippen LogP contribution in [-0.4, -0.2) is 58.0 Å². The number of nitrogens with one attached hydrogen (secondary N) is 2. The van der Waals surface area contributed by atoms with Crippen molar-refractivity contribution in [1.82, 2.24) is 10.6 Å². The minimum absolute atomic E-state index is 0.149. The van der Waals surface area contributed by atoms with Crippen LogP contribution in [0, 0.1) is 0 Å². The second-order valence-electron chi connectivity index (χ2n) is 3.86. The molecule has 0 aromatic heterocycles. The zero-order chi connectivity index (χ0) is 13.9. The highest BCUT2D eigenvalue weighted by Gasteiger charge is 2.06. The highest BCUT2D eigenvalue weighted by Crippen LogP contribution is 1.97. The number of sulfone groups is 1. The summed E-state index contributed by atoms with van der Waals surface area (Å²) >= 11 is 1.84. The molecule has 0 bridgehead atoms. The number of thioether (sulfide) groups is 1. The first kappa shape index (κ1) is 17.6. The highest BCUT2D eigenvalue weighted by molar-refractivity contribution is 7.98. The molecule has 0 fully saturated rings. The highest BCUT2D eigenvalue weighted by atomic mass is 32.2. The summed E-state index contributed by atoms with van der Waals surface area (Å²) in [5, 5.41) is 6.17. The Hall–Kier alpha value is -0.430. The number of rotatable bonds is 9. The summed E-state index contributed by atoms with van der Waals surface area (Å²) in [6, 6.07) is 0. The van der Waals surface area contributed by atoms with Gasteiger partial charge in [0.2, 0.25) is 0 Å². The van der Waals surface area contributed by atoms with Crippen LogP contribution in [-0.2, 0) is 9.84 Å². The molecule has 0 radical (unpaired) electrons. The Morgan fingerprint density at radius 1 is 1.22 bits per heavy atom. The number of hydrogen-bond acceptors (Lipinski definition) is 4. The van der Waals surface area contributed by atoms with Crippen LogP contribution < -0.4 is 10.6 Å². The van der Waals surface area contributed by atoms with E-state index in [1.54, 1.807) is 14.0 Å². The van der Waals surface area contributed by atoms with E-state index in [1.165, 1.54) is 12.2 Å². The third-order valence-electron chi connectivity index (χ3n) is 2.44. The van der Waals surface area contributed by atoms with Crippen molar-refractivity contribution in [2.24, 2.45) is 4.99 Å². The molecule has 0 saturated carbocycles. The van der Waals surface area contributed by atoms with Crippen LogP contribution in [0.5, 0.6) is 0 Å². The molecule has 2 N–H and O–H groups in total. The van der Waals surface area contributed by atoms with E-state index in [2.05, 4.69) is 21.9 Å². The number of nitrogens with zero attached hydrogens (tertiary/aromatic N) is 1. The Kier molecular flexibility index (Phi) is 10.2. The largest absolute Gasteiger partial charge is 0.356 e. The molecule has 0 aromatic rings. The molecule has 0 amide bonds. The first-order chi connectivity index (χ1) is 8.55. The smallest absolute Gasteiger partial charge is 0.191 e. The van der Waals surface area contributed by atoms with E-state index in [0.717, 1.165) is 13.0 Å². The average Bonchev–Trinajstić information content (AvgIpc) is 2.36. The molecule has 0 spiro atoms. The zero-order valence-electron chi connectivity index (χ0n) is 11.5. The van der Waals surface area contributed by atoms with Gasteiger partial charge in [0.05, 0.1) is 5.75 Å². The molecule has 0 aliphatic rings. The fourth-order valence-electron chi connectivity index (χ4n) is 1.27. The summed E-state index contributed by atoms with van der Waals surface area (Å²) in [5.74, 6) is 2.18. The van der Waals surface area contributed by atoms with Crippen molar-refractivity contribution in [3.05, 3.63) is 0 Å². The van der Waals surface area contributed by atoms with Gasteiger partial charge in [-0.15, -0.1) is 0 Å². The molecule has 18 heavy (non-hydrogen) atoms. The van der Waals surface area contributed by atoms with Gasteiger partial charge in [0.15, 0.2) is 15.8 Å². The molecule has 0 aliphatic heterocycles. The van der Waals surface area contributed by atoms with Gasteiger partial charge in [-0.3, -0.25) is 4.99 Å². The predicted octanol–water partition coefficient (Wildman–Crippen LogP) is 0.729. The minimum atomic E-state index is -2.90. The minimum Gasteiger partial charge on any atom is -0.356 e. The SMILES string of the molecule is CCS(=O)(=O)CCNC(=NC)NCCCCSC. The fourth-order valence-corrected chi connectivity index (χ4v) is 2.46. The van der Waals surface area contributed by atoms with Gasteiger partial charge in [-0.1, -0.05) is 6.92 Å². The summed E-state index contributed by atoms with van der Waals surface area (Å²) in [5.41, 5.74) is 0. The van der Waals surface area contributed by atoms with E-state index in [1.807, 2.05) is 11.8 Å². The number of hydrogen-bond donors (Lipinski definition) is 2. The van der Waals surface area contributed by atoms with E-state index < -0.39 is 9.84 Å². The molecule has 108 valence electrons. The number of guanidine groups is 1. The molecule has 0 unspecified atom stereocenters. The lowest BCUT2D eigenvalue weighted by Crippen LogP contribution is -2.40. The quantitative estimate of drug-likeness (QED) is 0.373. The van der Waals surface area contributed by atoms with Gasteiger partial charge in [0, 0.05) is 25.9 Å². The van der Waals surface area contributed by atoms with Crippen molar-refractivity contribution < 1.29 is 8.42 Å². The van der Waals surface area contributed by atoms with Crippen LogP contribution in [0.15, 0.2) is 4.99 Å². The van der Waals surface area contributed by atoms with Gasteiger partial charge >= 0.3 is 0 Å². The monoisotopic (exact) mass is 295 g/mol. The van der Waals surface area contributed by atoms with Gasteiger partial charge in [-0.05, 0) is 24.9 Å². The summed E-state index contributed by atoms with van der Waals surface area (Å²) < 4.78 is 22.6. The Balaban J connectivity index is 3.72. The second kappa shape index (κ2) is 10.5. The maximum Gasteiger partial charge on any atom is 0.191 e. The van der Waals surface area contributed by atoms with Crippen molar-refractivity contribution in [3.8, 4) is 0 Å². The molecule has 0 saturated heterocycles. The van der Waals surface area contributed by atoms with Gasteiger partial charge in [0.1, 0.15) is 0 Å². The van der Waals surface area contributed by atoms with Crippen LogP contribution in [0.4, 0.5) is 0 Å². The van der Waals surface area contributed by atoms with Gasteiger partial charge in [0.25, 0.3) is 0 Å². The van der Waals surface area contributed by atoms with Gasteiger partial charge < -0.3 is 10.6 Å². The Labute approximate surface area is 115 Å². The summed E-state index contributed by atoms with van der Waals surface area (Å²) in [4.78, 5) is 4.05. The topological polar surface area (TPSA) is 70.6 Å². The standard InChI is InChI=1S/C11H25N3O2S2/c1-4-18(15,16)10-8-14-11(12-2)13-7-5-6-9-17-3/h4-10H2,1-3H3,(H2,12,13,14). The van der Waals surface area contributed by atoms with Crippen molar-refractivity contribution in [2.45, 2.75) is 19.8 Å². The molecular weight excluding hydrogens is 270 g/mol. The van der Waals surface area contributed by atoms with E-state index in [0.29, 0.717) is 12.5 Å². The fraction of sp³-hybridized carbons (Fsp3) is 0.909. The average molecular weight is 295 g/mol. The van der Waals surface area contributed by atoms with Crippen LogP contribution in [0.1, 0.15) is 19.8 Å². The Morgan fingerprint density at radius 2 is 1.89 bits per heavy atom. The number of unbranched alkanes of at least 4 members (excludes halogenated alkanes) is 1. The van der Waals surface area contributed by atoms with Gasteiger partial charge in [-0.25, -0.2) is 8.42 Å². The van der Waals surface area contributed by atoms with Crippen LogP contribution in [0.3, 0.4) is 0 Å². The molecule has 5 nitrogen and oxygen atoms in total. The molecule has 0 aromatic carbocycles. The lowest BCUT2D eigenvalue weighted by atomic mass is 10.3. The van der Waals surface area contributed by atoms with Gasteiger partial charge in [-0.2, -0.15) is 11.8 Å². The predicted molar refractivity (Wildman–Crippen MR) is 81.3 cm³/mol. The number of aliphatic imine (C=N–C) groups is 1. The molecule has 0 atom stereocenters. The Bertz CT molecular complexity index is 329. The lowest BCUT2D eigenvalue weighted by Gasteiger charge is -2.11. The van der Waals surface area contributed by atoms with E-state index in [4.69, 9.17) is 0 Å². The van der Waals surface area contributed by atoms with E-state index >= 15 is 0 Å². The van der Waals surface area contributed by atoms with E-state index in [9.17, 15) is 8.42 Å². The first-order valence-corrected chi connectivity index (χ1v) is 9.41. The second-order valence-corrected chi connectivity index (χ2v) is 7.32. The van der Waals surface area contributed by atoms with Crippen LogP contribution >= 0.6 is 11.8 Å². The molecular formula is C11H25N3O2S2. The van der Waals surface area contributed by atoms with E-state index in [-0.39, 0.29) is 11.5 Å². The summed E-state index contributed by atoms with van der Waals surface area (Å²) in [6.45, 7) is 2.93. The molecule has 0 aliphatic carbocycles. The normalized spacial score (nSPS) is 12.5. The lowest BCUT2D eigenvalue weighted by molar-refractivity contribution is 0.595. The Morgan fingerprint density at radius 3 is 2.44 bits per heavy atom. The van der Waals surface area contributed by atoms with Crippen molar-refractivity contribution >= 4 is 27.6 Å². The third-order valence-corrected chi connectivity index (χ3v) is 4.84. The summed E-state index contributed by atoms with van der Waals surface area (Å²) in [6.07, 6.45) is 4.37.